The highest BCUT2D eigenvalue weighted by atomic mass is 32.2. The van der Waals surface area contributed by atoms with Crippen molar-refractivity contribution in [2.45, 2.75) is 18.2 Å². The summed E-state index contributed by atoms with van der Waals surface area (Å²) in [6.45, 7) is 2.27. The molecule has 0 aromatic heterocycles. The molecule has 0 heterocycles. The van der Waals surface area contributed by atoms with Gasteiger partial charge in [0.15, 0.2) is 0 Å². The van der Waals surface area contributed by atoms with E-state index in [0.717, 1.165) is 0 Å². The van der Waals surface area contributed by atoms with Crippen molar-refractivity contribution in [1.82, 2.24) is 0 Å². The molecular formula is C16H19NO4S. The predicted octanol–water partition coefficient (Wildman–Crippen LogP) is 3.01. The number of anilines is 1. The number of phenolic OH excluding ortho intramolecular Hbond substituents is 1. The molecule has 2 aromatic carbocycles. The lowest BCUT2D eigenvalue weighted by Crippen LogP contribution is -2.31. The molecule has 0 spiro atoms. The van der Waals surface area contributed by atoms with Crippen LogP contribution in [0.5, 0.6) is 11.5 Å². The zero-order valence-corrected chi connectivity index (χ0v) is 13.4. The Labute approximate surface area is 130 Å². The van der Waals surface area contributed by atoms with Crippen LogP contribution in [0.25, 0.3) is 0 Å². The van der Waals surface area contributed by atoms with Gasteiger partial charge in [-0.05, 0) is 42.8 Å². The second-order valence-corrected chi connectivity index (χ2v) is 6.63. The highest BCUT2D eigenvalue weighted by molar-refractivity contribution is 7.92. The highest BCUT2D eigenvalue weighted by Crippen LogP contribution is 2.27. The van der Waals surface area contributed by atoms with E-state index >= 15 is 0 Å². The minimum Gasteiger partial charge on any atom is -0.508 e. The number of phenols is 1. The van der Waals surface area contributed by atoms with E-state index in [-0.39, 0.29) is 10.6 Å². The van der Waals surface area contributed by atoms with Crippen LogP contribution < -0.4 is 9.04 Å². The van der Waals surface area contributed by atoms with Gasteiger partial charge in [-0.2, -0.15) is 0 Å². The molecule has 0 bridgehead atoms. The molecule has 6 heteroatoms. The van der Waals surface area contributed by atoms with Crippen molar-refractivity contribution in [2.75, 3.05) is 18.0 Å². The summed E-state index contributed by atoms with van der Waals surface area (Å²) in [5.41, 5.74) is 0.550. The lowest BCUT2D eigenvalue weighted by atomic mass is 10.3. The topological polar surface area (TPSA) is 66.8 Å². The van der Waals surface area contributed by atoms with Crippen molar-refractivity contribution in [3.8, 4) is 11.5 Å². The molecule has 5 nitrogen and oxygen atoms in total. The molecule has 0 saturated heterocycles. The summed E-state index contributed by atoms with van der Waals surface area (Å²) in [6.07, 6.45) is 0.675. The maximum absolute atomic E-state index is 12.8. The summed E-state index contributed by atoms with van der Waals surface area (Å²) in [6, 6.07) is 12.5. The number of hydrogen-bond donors (Lipinski definition) is 1. The molecule has 0 atom stereocenters. The van der Waals surface area contributed by atoms with E-state index in [0.29, 0.717) is 24.4 Å². The van der Waals surface area contributed by atoms with Crippen LogP contribution in [0.2, 0.25) is 0 Å². The number of ether oxygens (including phenoxy) is 1. The number of benzene rings is 2. The maximum Gasteiger partial charge on any atom is 0.264 e. The third-order valence-corrected chi connectivity index (χ3v) is 5.03. The first-order valence-electron chi connectivity index (χ1n) is 6.95. The minimum atomic E-state index is -3.69. The van der Waals surface area contributed by atoms with E-state index < -0.39 is 10.0 Å². The lowest BCUT2D eigenvalue weighted by molar-refractivity contribution is 0.415. The SMILES string of the molecule is CCCN(c1cccc(OC)c1)S(=O)(=O)c1ccc(O)cc1. The van der Waals surface area contributed by atoms with Gasteiger partial charge in [0.1, 0.15) is 11.5 Å². The Morgan fingerprint density at radius 2 is 1.82 bits per heavy atom. The Hall–Kier alpha value is -2.21. The standard InChI is InChI=1S/C16H19NO4S/c1-3-11-17(13-5-4-6-15(12-13)21-2)22(19,20)16-9-7-14(18)8-10-16/h4-10,12,18H,3,11H2,1-2H3. The largest absolute Gasteiger partial charge is 0.508 e. The fraction of sp³-hybridized carbons (Fsp3) is 0.250. The number of rotatable bonds is 6. The number of aromatic hydroxyl groups is 1. The average Bonchev–Trinajstić information content (AvgIpc) is 2.53. The second-order valence-electron chi connectivity index (χ2n) is 4.77. The quantitative estimate of drug-likeness (QED) is 0.888. The molecule has 0 aliphatic rings. The Kier molecular flexibility index (Phi) is 4.92. The van der Waals surface area contributed by atoms with E-state index in [1.165, 1.54) is 35.7 Å². The molecule has 0 saturated carbocycles. The van der Waals surface area contributed by atoms with Gasteiger partial charge >= 0.3 is 0 Å². The number of sulfonamides is 1. The molecule has 2 rings (SSSR count). The van der Waals surface area contributed by atoms with Gasteiger partial charge < -0.3 is 9.84 Å². The van der Waals surface area contributed by atoms with Crippen molar-refractivity contribution in [3.63, 3.8) is 0 Å². The van der Waals surface area contributed by atoms with Gasteiger partial charge in [0.25, 0.3) is 10.0 Å². The molecular weight excluding hydrogens is 302 g/mol. The van der Waals surface area contributed by atoms with Crippen LogP contribution in [0, 0.1) is 0 Å². The zero-order chi connectivity index (χ0) is 16.2. The summed E-state index contributed by atoms with van der Waals surface area (Å²) in [5, 5.41) is 9.32. The van der Waals surface area contributed by atoms with Gasteiger partial charge in [0, 0.05) is 12.6 Å². The summed E-state index contributed by atoms with van der Waals surface area (Å²) >= 11 is 0. The zero-order valence-electron chi connectivity index (χ0n) is 12.6. The Balaban J connectivity index is 2.47. The first kappa shape index (κ1) is 16.2. The molecule has 0 unspecified atom stereocenters. The summed E-state index contributed by atoms with van der Waals surface area (Å²) in [4.78, 5) is 0.140. The average molecular weight is 321 g/mol. The van der Waals surface area contributed by atoms with E-state index in [1.54, 1.807) is 24.3 Å². The molecule has 0 amide bonds. The van der Waals surface area contributed by atoms with Gasteiger partial charge in [-0.3, -0.25) is 4.31 Å². The number of hydrogen-bond acceptors (Lipinski definition) is 4. The van der Waals surface area contributed by atoms with E-state index in [4.69, 9.17) is 4.74 Å². The maximum atomic E-state index is 12.8. The van der Waals surface area contributed by atoms with Crippen molar-refractivity contribution >= 4 is 15.7 Å². The molecule has 2 aromatic rings. The normalized spacial score (nSPS) is 11.2. The summed E-state index contributed by atoms with van der Waals surface area (Å²) < 4.78 is 32.2. The molecule has 0 fully saturated rings. The third-order valence-electron chi connectivity index (χ3n) is 3.19. The van der Waals surface area contributed by atoms with Crippen molar-refractivity contribution in [3.05, 3.63) is 48.5 Å². The Morgan fingerprint density at radius 1 is 1.14 bits per heavy atom. The van der Waals surface area contributed by atoms with Gasteiger partial charge in [-0.1, -0.05) is 13.0 Å². The molecule has 0 radical (unpaired) electrons. The minimum absolute atomic E-state index is 0.0300. The Morgan fingerprint density at radius 3 is 2.41 bits per heavy atom. The van der Waals surface area contributed by atoms with E-state index in [9.17, 15) is 13.5 Å². The van der Waals surface area contributed by atoms with Crippen LogP contribution >= 0.6 is 0 Å². The fourth-order valence-corrected chi connectivity index (χ4v) is 3.65. The smallest absolute Gasteiger partial charge is 0.264 e. The van der Waals surface area contributed by atoms with Crippen LogP contribution in [0.3, 0.4) is 0 Å². The lowest BCUT2D eigenvalue weighted by Gasteiger charge is -2.24. The van der Waals surface area contributed by atoms with Gasteiger partial charge in [0.2, 0.25) is 0 Å². The van der Waals surface area contributed by atoms with Gasteiger partial charge in [0.05, 0.1) is 17.7 Å². The van der Waals surface area contributed by atoms with Gasteiger partial charge in [-0.15, -0.1) is 0 Å². The van der Waals surface area contributed by atoms with Crippen LogP contribution in [0.1, 0.15) is 13.3 Å². The molecule has 118 valence electrons. The van der Waals surface area contributed by atoms with Crippen LogP contribution in [0.4, 0.5) is 5.69 Å². The first-order chi connectivity index (χ1) is 10.5. The van der Waals surface area contributed by atoms with E-state index in [1.807, 2.05) is 6.92 Å². The summed E-state index contributed by atoms with van der Waals surface area (Å²) in [7, 11) is -2.15. The highest BCUT2D eigenvalue weighted by Gasteiger charge is 2.24. The third kappa shape index (κ3) is 3.33. The predicted molar refractivity (Wildman–Crippen MR) is 85.9 cm³/mol. The van der Waals surface area contributed by atoms with Crippen molar-refractivity contribution < 1.29 is 18.3 Å². The molecule has 1 N–H and O–H groups in total. The molecule has 0 aliphatic carbocycles. The Bertz CT molecular complexity index is 726. The number of methoxy groups -OCH3 is 1. The monoisotopic (exact) mass is 321 g/mol. The van der Waals surface area contributed by atoms with Crippen LogP contribution in [-0.2, 0) is 10.0 Å². The molecule has 0 aliphatic heterocycles. The van der Waals surface area contributed by atoms with Crippen LogP contribution in [0.15, 0.2) is 53.4 Å². The van der Waals surface area contributed by atoms with Crippen molar-refractivity contribution in [2.24, 2.45) is 0 Å². The molecule has 22 heavy (non-hydrogen) atoms. The van der Waals surface area contributed by atoms with E-state index in [2.05, 4.69) is 0 Å². The first-order valence-corrected chi connectivity index (χ1v) is 8.39. The second kappa shape index (κ2) is 6.70. The summed E-state index contributed by atoms with van der Waals surface area (Å²) in [5.74, 6) is 0.627. The fourth-order valence-electron chi connectivity index (χ4n) is 2.10. The van der Waals surface area contributed by atoms with Gasteiger partial charge in [-0.25, -0.2) is 8.42 Å². The number of nitrogens with zero attached hydrogens (tertiary/aromatic N) is 1. The van der Waals surface area contributed by atoms with Crippen molar-refractivity contribution in [1.29, 1.82) is 0 Å². The van der Waals surface area contributed by atoms with Crippen LogP contribution in [-0.4, -0.2) is 27.2 Å².